The average molecular weight is 339 g/mol. The molecule has 3 rings (SSSR count). The van der Waals surface area contributed by atoms with Crippen LogP contribution >= 0.6 is 0 Å². The summed E-state index contributed by atoms with van der Waals surface area (Å²) in [5.41, 5.74) is -2.01. The number of nitrogens with zero attached hydrogens (tertiary/aromatic N) is 1. The van der Waals surface area contributed by atoms with Gasteiger partial charge < -0.3 is 14.4 Å². The van der Waals surface area contributed by atoms with E-state index >= 15 is 0 Å². The molecule has 128 valence electrons. The number of para-hydroxylation sites is 1. The number of benzene rings is 1. The lowest BCUT2D eigenvalue weighted by Gasteiger charge is -2.38. The maximum absolute atomic E-state index is 12.7. The summed E-state index contributed by atoms with van der Waals surface area (Å²) in [7, 11) is 0. The molecule has 1 aromatic heterocycles. The van der Waals surface area contributed by atoms with Crippen molar-refractivity contribution < 1.29 is 27.5 Å². The minimum absolute atomic E-state index is 0.140. The number of likely N-dealkylation sites (tertiary alicyclic amines) is 1. The lowest BCUT2D eigenvalue weighted by molar-refractivity contribution is -0.271. The quantitative estimate of drug-likeness (QED) is 0.854. The molecule has 0 saturated carbocycles. The summed E-state index contributed by atoms with van der Waals surface area (Å²) in [5, 5.41) is 10.5. The van der Waals surface area contributed by atoms with Gasteiger partial charge in [-0.05, 0) is 18.2 Å². The van der Waals surface area contributed by atoms with Crippen molar-refractivity contribution in [2.45, 2.75) is 24.6 Å². The van der Waals surface area contributed by atoms with Crippen molar-refractivity contribution >= 4 is 23.0 Å². The van der Waals surface area contributed by atoms with Crippen molar-refractivity contribution in [1.29, 1.82) is 0 Å². The highest BCUT2D eigenvalue weighted by Crippen LogP contribution is 2.38. The first-order valence-electron chi connectivity index (χ1n) is 7.53. The summed E-state index contributed by atoms with van der Waals surface area (Å²) in [4.78, 5) is 13.4. The first kappa shape index (κ1) is 16.6. The fourth-order valence-electron chi connectivity index (χ4n) is 2.72. The molecule has 2 aromatic rings. The number of furan rings is 1. The second kappa shape index (κ2) is 5.98. The second-order valence-corrected chi connectivity index (χ2v) is 5.87. The highest BCUT2D eigenvalue weighted by Gasteiger charge is 2.54. The van der Waals surface area contributed by atoms with E-state index < -0.39 is 30.5 Å². The molecule has 4 nitrogen and oxygen atoms in total. The number of aliphatic hydroxyl groups is 1. The first-order chi connectivity index (χ1) is 11.3. The number of carbonyl (C=O) groups excluding carboxylic acids is 1. The summed E-state index contributed by atoms with van der Waals surface area (Å²) in [5.74, 6) is 0.0908. The molecule has 0 aliphatic carbocycles. The highest BCUT2D eigenvalue weighted by molar-refractivity contribution is 5.92. The maximum atomic E-state index is 12.7. The van der Waals surface area contributed by atoms with E-state index in [2.05, 4.69) is 0 Å². The Kier molecular flexibility index (Phi) is 4.13. The molecule has 2 heterocycles. The van der Waals surface area contributed by atoms with Gasteiger partial charge in [-0.3, -0.25) is 4.79 Å². The van der Waals surface area contributed by atoms with E-state index in [-0.39, 0.29) is 13.1 Å². The van der Waals surface area contributed by atoms with Crippen molar-refractivity contribution in [1.82, 2.24) is 4.90 Å². The zero-order chi connectivity index (χ0) is 17.4. The maximum Gasteiger partial charge on any atom is 0.417 e. The van der Waals surface area contributed by atoms with Gasteiger partial charge in [0.2, 0.25) is 5.91 Å². The van der Waals surface area contributed by atoms with E-state index in [0.717, 1.165) is 5.39 Å². The third kappa shape index (κ3) is 3.17. The number of hydrogen-bond acceptors (Lipinski definition) is 3. The molecule has 0 spiro atoms. The Morgan fingerprint density at radius 3 is 2.54 bits per heavy atom. The normalized spacial score (nSPS) is 18.4. The van der Waals surface area contributed by atoms with Crippen LogP contribution in [0.4, 0.5) is 13.2 Å². The van der Waals surface area contributed by atoms with Crippen LogP contribution in [0.1, 0.15) is 18.6 Å². The van der Waals surface area contributed by atoms with Crippen LogP contribution in [0.15, 0.2) is 40.8 Å². The van der Waals surface area contributed by atoms with Crippen molar-refractivity contribution in [3.63, 3.8) is 0 Å². The number of hydrogen-bond donors (Lipinski definition) is 1. The summed E-state index contributed by atoms with van der Waals surface area (Å²) in [6.45, 7) is -0.279. The largest absolute Gasteiger partial charge is 0.457 e. The fourth-order valence-corrected chi connectivity index (χ4v) is 2.72. The van der Waals surface area contributed by atoms with E-state index in [1.807, 2.05) is 18.2 Å². The average Bonchev–Trinajstić information content (AvgIpc) is 2.95. The Balaban J connectivity index is 1.63. The van der Waals surface area contributed by atoms with E-state index in [4.69, 9.17) is 4.42 Å². The van der Waals surface area contributed by atoms with Crippen LogP contribution in [0.5, 0.6) is 0 Å². The predicted octanol–water partition coefficient (Wildman–Crippen LogP) is 3.36. The molecule has 0 atom stereocenters. The molecule has 7 heteroatoms. The van der Waals surface area contributed by atoms with Crippen molar-refractivity contribution in [2.75, 3.05) is 13.1 Å². The standard InChI is InChI=1S/C17H16F3NO3/c18-17(19,20)16(23)7-9-21(10-8-16)15(22)6-5-13-11-12-3-1-2-4-14(12)24-13/h1-6,11,23H,7-10H2/b6-5+. The minimum atomic E-state index is -4.67. The monoisotopic (exact) mass is 339 g/mol. The zero-order valence-corrected chi connectivity index (χ0v) is 12.7. The summed E-state index contributed by atoms with van der Waals surface area (Å²) >= 11 is 0. The van der Waals surface area contributed by atoms with Gasteiger partial charge in [0.1, 0.15) is 11.3 Å². The number of amides is 1. The van der Waals surface area contributed by atoms with Crippen LogP contribution in [-0.4, -0.2) is 40.8 Å². The van der Waals surface area contributed by atoms with Gasteiger partial charge in [-0.15, -0.1) is 0 Å². The molecule has 1 amide bonds. The van der Waals surface area contributed by atoms with Gasteiger partial charge in [0.05, 0.1) is 0 Å². The summed E-state index contributed by atoms with van der Waals surface area (Å²) in [6, 6.07) is 9.15. The number of fused-ring (bicyclic) bond motifs is 1. The SMILES string of the molecule is O=C(/C=C/c1cc2ccccc2o1)N1CCC(O)(C(F)(F)F)CC1. The minimum Gasteiger partial charge on any atom is -0.457 e. The van der Waals surface area contributed by atoms with E-state index in [1.165, 1.54) is 17.1 Å². The molecule has 1 N–H and O–H groups in total. The number of alkyl halides is 3. The molecule has 1 aromatic carbocycles. The van der Waals surface area contributed by atoms with Gasteiger partial charge in [-0.25, -0.2) is 0 Å². The predicted molar refractivity (Wildman–Crippen MR) is 82.1 cm³/mol. The molecule has 1 saturated heterocycles. The summed E-state index contributed by atoms with van der Waals surface area (Å²) < 4.78 is 43.8. The number of rotatable bonds is 2. The Bertz CT molecular complexity index is 738. The fraction of sp³-hybridized carbons (Fsp3) is 0.353. The molecule has 0 radical (unpaired) electrons. The van der Waals surface area contributed by atoms with Gasteiger partial charge in [0.15, 0.2) is 5.60 Å². The van der Waals surface area contributed by atoms with Crippen LogP contribution in [0.25, 0.3) is 17.0 Å². The van der Waals surface area contributed by atoms with E-state index in [0.29, 0.717) is 11.3 Å². The third-order valence-corrected chi connectivity index (χ3v) is 4.26. The highest BCUT2D eigenvalue weighted by atomic mass is 19.4. The van der Waals surface area contributed by atoms with Gasteiger partial charge in [-0.2, -0.15) is 13.2 Å². The summed E-state index contributed by atoms with van der Waals surface area (Å²) in [6.07, 6.45) is -2.93. The van der Waals surface area contributed by atoms with Crippen LogP contribution in [0, 0.1) is 0 Å². The Morgan fingerprint density at radius 2 is 1.92 bits per heavy atom. The molecular weight excluding hydrogens is 323 g/mol. The lowest BCUT2D eigenvalue weighted by atomic mass is 9.91. The van der Waals surface area contributed by atoms with Gasteiger partial charge >= 0.3 is 6.18 Å². The van der Waals surface area contributed by atoms with Crippen molar-refractivity contribution in [3.05, 3.63) is 42.2 Å². The number of carbonyl (C=O) groups is 1. The molecule has 1 aliphatic rings. The van der Waals surface area contributed by atoms with Crippen LogP contribution in [0.3, 0.4) is 0 Å². The van der Waals surface area contributed by atoms with Crippen LogP contribution < -0.4 is 0 Å². The van der Waals surface area contributed by atoms with E-state index in [1.54, 1.807) is 12.1 Å². The molecule has 1 fully saturated rings. The Labute approximate surface area is 136 Å². The molecular formula is C17H16F3NO3. The number of halogens is 3. The van der Waals surface area contributed by atoms with Crippen molar-refractivity contribution in [2.24, 2.45) is 0 Å². The van der Waals surface area contributed by atoms with Gasteiger partial charge in [-0.1, -0.05) is 18.2 Å². The second-order valence-electron chi connectivity index (χ2n) is 5.87. The van der Waals surface area contributed by atoms with Crippen molar-refractivity contribution in [3.8, 4) is 0 Å². The first-order valence-corrected chi connectivity index (χ1v) is 7.53. The molecule has 1 aliphatic heterocycles. The number of piperidine rings is 1. The molecule has 0 bridgehead atoms. The Hall–Kier alpha value is -2.28. The van der Waals surface area contributed by atoms with Gasteiger partial charge in [0.25, 0.3) is 0 Å². The van der Waals surface area contributed by atoms with Gasteiger partial charge in [0, 0.05) is 37.4 Å². The smallest absolute Gasteiger partial charge is 0.417 e. The van der Waals surface area contributed by atoms with Crippen LogP contribution in [0.2, 0.25) is 0 Å². The molecule has 24 heavy (non-hydrogen) atoms. The molecule has 0 unspecified atom stereocenters. The third-order valence-electron chi connectivity index (χ3n) is 4.26. The Morgan fingerprint density at radius 1 is 1.25 bits per heavy atom. The lowest BCUT2D eigenvalue weighted by Crippen LogP contribution is -2.54. The topological polar surface area (TPSA) is 53.7 Å². The van der Waals surface area contributed by atoms with E-state index in [9.17, 15) is 23.1 Å². The zero-order valence-electron chi connectivity index (χ0n) is 12.7. The van der Waals surface area contributed by atoms with Crippen LogP contribution in [-0.2, 0) is 4.79 Å².